The average molecular weight is 320 g/mol. The van der Waals surface area contributed by atoms with Gasteiger partial charge < -0.3 is 5.84 Å². The second kappa shape index (κ2) is 4.78. The number of halogens is 6. The standard InChI is InChI=1S/C8H5ClF5N4S/c9-2-1-19(17-18(15)16-2)8-6(13)4(11)3(10)5(12)7(8)14/h1,16-17H,15H2/q+1. The van der Waals surface area contributed by atoms with Crippen molar-refractivity contribution in [3.8, 4) is 4.90 Å². The highest BCUT2D eigenvalue weighted by atomic mass is 35.5. The quantitative estimate of drug-likeness (QED) is 0.244. The molecule has 1 atom stereocenters. The normalized spacial score (nSPS) is 11.8. The fourth-order valence-electron chi connectivity index (χ4n) is 1.28. The molecule has 2 rings (SSSR count). The summed E-state index contributed by atoms with van der Waals surface area (Å²) in [6, 6.07) is 0. The summed E-state index contributed by atoms with van der Waals surface area (Å²) in [4.78, 5) is -0.407. The molecule has 0 aliphatic rings. The molecular formula is C8H5ClF5N4S+. The van der Waals surface area contributed by atoms with Gasteiger partial charge in [-0.25, -0.2) is 18.3 Å². The maximum Gasteiger partial charge on any atom is 0.279 e. The van der Waals surface area contributed by atoms with E-state index in [2.05, 4.69) is 9.59 Å². The fourth-order valence-corrected chi connectivity index (χ4v) is 2.99. The molecule has 0 saturated carbocycles. The lowest BCUT2D eigenvalue weighted by Gasteiger charge is -2.03. The van der Waals surface area contributed by atoms with Crippen molar-refractivity contribution in [3.63, 3.8) is 0 Å². The van der Waals surface area contributed by atoms with Crippen LogP contribution in [0.1, 0.15) is 0 Å². The third-order valence-corrected chi connectivity index (χ3v) is 4.02. The first-order valence-corrected chi connectivity index (χ1v) is 6.19. The smallest absolute Gasteiger partial charge is 0.279 e. The Morgan fingerprint density at radius 3 is 1.95 bits per heavy atom. The Morgan fingerprint density at radius 2 is 1.47 bits per heavy atom. The van der Waals surface area contributed by atoms with Crippen molar-refractivity contribution in [3.05, 3.63) is 39.6 Å². The lowest BCUT2D eigenvalue weighted by Crippen LogP contribution is -2.16. The molecule has 1 aromatic heterocycles. The number of hydrogen-bond acceptors (Lipinski definition) is 1. The summed E-state index contributed by atoms with van der Waals surface area (Å²) in [6.45, 7) is 0. The van der Waals surface area contributed by atoms with Gasteiger partial charge in [-0.15, -0.1) is 0 Å². The Morgan fingerprint density at radius 1 is 1.00 bits per heavy atom. The molecule has 19 heavy (non-hydrogen) atoms. The molecule has 2 aromatic rings. The summed E-state index contributed by atoms with van der Waals surface area (Å²) >= 11 is 5.56. The van der Waals surface area contributed by atoms with E-state index >= 15 is 0 Å². The molecule has 0 bridgehead atoms. The number of benzene rings is 1. The van der Waals surface area contributed by atoms with Gasteiger partial charge in [-0.1, -0.05) is 21.0 Å². The van der Waals surface area contributed by atoms with Gasteiger partial charge in [0.2, 0.25) is 34.5 Å². The maximum absolute atomic E-state index is 13.5. The number of nitrogens with zero attached hydrogens (tertiary/aromatic N) is 1. The Balaban J connectivity index is 2.82. The van der Waals surface area contributed by atoms with Crippen LogP contribution in [0.15, 0.2) is 5.38 Å². The number of H-pyrrole nitrogens is 2. The monoisotopic (exact) mass is 319 g/mol. The minimum atomic E-state index is -2.22. The highest BCUT2D eigenvalue weighted by Crippen LogP contribution is 2.36. The Bertz CT molecular complexity index is 633. The fraction of sp³-hybridized carbons (Fsp3) is 0. The zero-order valence-electron chi connectivity index (χ0n) is 8.78. The molecular weight excluding hydrogens is 315 g/mol. The minimum absolute atomic E-state index is 0.131. The molecule has 11 heteroatoms. The zero-order valence-corrected chi connectivity index (χ0v) is 10.4. The van der Waals surface area contributed by atoms with Gasteiger partial charge in [0.05, 0.1) is 0 Å². The third-order valence-electron chi connectivity index (χ3n) is 2.03. The van der Waals surface area contributed by atoms with Crippen LogP contribution in [0.5, 0.6) is 0 Å². The number of rotatable bonds is 1. The third kappa shape index (κ3) is 2.28. The first-order valence-electron chi connectivity index (χ1n) is 4.52. The number of nitrogen functional groups attached to an aromatic ring is 1. The van der Waals surface area contributed by atoms with E-state index in [4.69, 9.17) is 17.4 Å². The molecule has 0 saturated heterocycles. The van der Waals surface area contributed by atoms with E-state index in [0.717, 1.165) is 5.38 Å². The van der Waals surface area contributed by atoms with Crippen molar-refractivity contribution in [1.82, 2.24) is 14.5 Å². The van der Waals surface area contributed by atoms with E-state index in [1.165, 1.54) is 0 Å². The molecule has 0 fully saturated rings. The van der Waals surface area contributed by atoms with E-state index < -0.39 is 44.6 Å². The van der Waals surface area contributed by atoms with Gasteiger partial charge in [0.25, 0.3) is 4.90 Å². The number of aromatic amines is 2. The maximum atomic E-state index is 13.5. The minimum Gasteiger partial charge on any atom is -0.306 e. The van der Waals surface area contributed by atoms with Gasteiger partial charge in [0, 0.05) is 0 Å². The predicted octanol–water partition coefficient (Wildman–Crippen LogP) is 3.07. The van der Waals surface area contributed by atoms with Crippen molar-refractivity contribution < 1.29 is 22.0 Å². The van der Waals surface area contributed by atoms with E-state index in [1.807, 2.05) is 0 Å². The van der Waals surface area contributed by atoms with E-state index in [-0.39, 0.29) is 5.15 Å². The summed E-state index contributed by atoms with van der Waals surface area (Å²) in [5.41, 5.74) is 0. The van der Waals surface area contributed by atoms with Crippen LogP contribution in [-0.2, 0) is 0 Å². The Kier molecular flexibility index (Phi) is 3.45. The van der Waals surface area contributed by atoms with Crippen molar-refractivity contribution in [2.75, 3.05) is 5.84 Å². The lowest BCUT2D eigenvalue weighted by molar-refractivity contribution is 0.383. The second-order valence-electron chi connectivity index (χ2n) is 3.28. The van der Waals surface area contributed by atoms with Gasteiger partial charge in [-0.05, 0) is 0 Å². The summed E-state index contributed by atoms with van der Waals surface area (Å²) < 4.78 is 68.3. The highest BCUT2D eigenvalue weighted by Gasteiger charge is 2.33. The van der Waals surface area contributed by atoms with E-state index in [1.54, 1.807) is 0 Å². The van der Waals surface area contributed by atoms with Crippen molar-refractivity contribution >= 4 is 22.3 Å². The molecule has 0 spiro atoms. The molecule has 1 unspecified atom stereocenters. The topological polar surface area (TPSA) is 62.5 Å². The average Bonchev–Trinajstić information content (AvgIpc) is 2.33. The molecule has 4 nitrogen and oxygen atoms in total. The number of hydrogen-bond donors (Lipinski definition) is 3. The van der Waals surface area contributed by atoms with Crippen LogP contribution in [0, 0.1) is 29.1 Å². The molecule has 0 aliphatic carbocycles. The van der Waals surface area contributed by atoms with Gasteiger partial charge >= 0.3 is 0 Å². The summed E-state index contributed by atoms with van der Waals surface area (Å²) in [7, 11) is -1.72. The molecule has 1 aromatic carbocycles. The highest BCUT2D eigenvalue weighted by molar-refractivity contribution is 7.33. The zero-order chi connectivity index (χ0) is 14.3. The SMILES string of the molecule is Nn1[nH]c(Cl)c[s+](-c2c(F)c(F)c(F)c(F)c2F)[nH]1. The Labute approximate surface area is 109 Å². The number of aromatic nitrogens is 3. The molecule has 1 heterocycles. The van der Waals surface area contributed by atoms with Crippen LogP contribution < -0.4 is 5.84 Å². The van der Waals surface area contributed by atoms with E-state index in [9.17, 15) is 22.0 Å². The number of nitrogens with one attached hydrogen (secondary N) is 2. The molecule has 0 radical (unpaired) electrons. The first kappa shape index (κ1) is 13.7. The number of nitrogens with two attached hydrogens (primary N) is 1. The second-order valence-corrected chi connectivity index (χ2v) is 5.18. The van der Waals surface area contributed by atoms with E-state index in [0.29, 0.717) is 4.91 Å². The predicted molar refractivity (Wildman–Crippen MR) is 59.5 cm³/mol. The van der Waals surface area contributed by atoms with Crippen LogP contribution in [0.25, 0.3) is 4.90 Å². The van der Waals surface area contributed by atoms with Gasteiger partial charge in [-0.3, -0.25) is 0 Å². The van der Waals surface area contributed by atoms with Gasteiger partial charge in [0.15, 0.2) is 5.15 Å². The lowest BCUT2D eigenvalue weighted by atomic mass is 10.3. The van der Waals surface area contributed by atoms with Crippen LogP contribution in [0.2, 0.25) is 5.15 Å². The van der Waals surface area contributed by atoms with Gasteiger partial charge in [0.1, 0.15) is 10.7 Å². The van der Waals surface area contributed by atoms with Crippen molar-refractivity contribution in [2.45, 2.75) is 0 Å². The summed E-state index contributed by atoms with van der Waals surface area (Å²) in [5.74, 6) is -4.93. The summed E-state index contributed by atoms with van der Waals surface area (Å²) in [5, 5.41) is 3.19. The van der Waals surface area contributed by atoms with Crippen LogP contribution in [-0.4, -0.2) is 14.5 Å². The first-order chi connectivity index (χ1) is 8.82. The Hall–Kier alpha value is -1.68. The van der Waals surface area contributed by atoms with Crippen LogP contribution in [0.4, 0.5) is 22.0 Å². The van der Waals surface area contributed by atoms with Crippen molar-refractivity contribution in [2.24, 2.45) is 0 Å². The van der Waals surface area contributed by atoms with Crippen molar-refractivity contribution in [1.29, 1.82) is 0 Å². The van der Waals surface area contributed by atoms with Crippen LogP contribution in [0.3, 0.4) is 0 Å². The summed E-state index contributed by atoms with van der Waals surface area (Å²) in [6.07, 6.45) is 0. The largest absolute Gasteiger partial charge is 0.306 e. The molecule has 0 amide bonds. The van der Waals surface area contributed by atoms with Crippen LogP contribution >= 0.6 is 22.3 Å². The van der Waals surface area contributed by atoms with Gasteiger partial charge in [-0.2, -0.15) is 8.78 Å². The molecule has 4 N–H and O–H groups in total. The molecule has 0 aliphatic heterocycles. The molecule has 104 valence electrons.